The summed E-state index contributed by atoms with van der Waals surface area (Å²) in [4.78, 5) is 20.3. The second-order valence-electron chi connectivity index (χ2n) is 5.42. The lowest BCUT2D eigenvalue weighted by atomic mass is 10.2. The second-order valence-corrected chi connectivity index (χ2v) is 6.29. The van der Waals surface area contributed by atoms with Crippen LogP contribution in [-0.4, -0.2) is 35.1 Å². The van der Waals surface area contributed by atoms with E-state index in [0.717, 1.165) is 19.4 Å². The van der Waals surface area contributed by atoms with Crippen molar-refractivity contribution in [2.45, 2.75) is 18.9 Å². The van der Waals surface area contributed by atoms with Crippen LogP contribution in [0.4, 0.5) is 11.5 Å². The molecule has 0 spiro atoms. The highest BCUT2D eigenvalue weighted by Gasteiger charge is 2.17. The van der Waals surface area contributed by atoms with E-state index in [1.54, 1.807) is 24.3 Å². The third-order valence-corrected chi connectivity index (χ3v) is 3.99. The normalized spacial score (nSPS) is 16.8. The van der Waals surface area contributed by atoms with Gasteiger partial charge in [-0.05, 0) is 31.0 Å². The molecule has 2 N–H and O–H groups in total. The van der Waals surface area contributed by atoms with E-state index in [2.05, 4.69) is 20.6 Å². The van der Waals surface area contributed by atoms with Crippen LogP contribution in [0.1, 0.15) is 23.3 Å². The number of ether oxygens (including phenoxy) is 1. The molecule has 6 nitrogen and oxygen atoms in total. The molecule has 1 aliphatic heterocycles. The molecule has 1 unspecified atom stereocenters. The number of benzene rings is 1. The Morgan fingerprint density at radius 1 is 1.21 bits per heavy atom. The van der Waals surface area contributed by atoms with E-state index in [1.807, 2.05) is 0 Å². The predicted octanol–water partition coefficient (Wildman–Crippen LogP) is 3.44. The molecule has 8 heteroatoms. The van der Waals surface area contributed by atoms with Gasteiger partial charge in [0.2, 0.25) is 0 Å². The molecular weight excluding hydrogens is 351 g/mol. The van der Waals surface area contributed by atoms with Crippen LogP contribution in [0.2, 0.25) is 10.0 Å². The van der Waals surface area contributed by atoms with E-state index in [4.69, 9.17) is 27.9 Å². The molecule has 3 rings (SSSR count). The summed E-state index contributed by atoms with van der Waals surface area (Å²) in [5, 5.41) is 6.90. The quantitative estimate of drug-likeness (QED) is 0.847. The highest BCUT2D eigenvalue weighted by molar-refractivity contribution is 6.35. The Bertz CT molecular complexity index is 716. The number of hydrogen-bond acceptors (Lipinski definition) is 5. The van der Waals surface area contributed by atoms with E-state index in [1.165, 1.54) is 6.33 Å². The Balaban J connectivity index is 1.65. The molecule has 1 aromatic carbocycles. The van der Waals surface area contributed by atoms with Crippen molar-refractivity contribution in [3.8, 4) is 0 Å². The maximum atomic E-state index is 12.2. The predicted molar refractivity (Wildman–Crippen MR) is 93.1 cm³/mol. The van der Waals surface area contributed by atoms with Crippen LogP contribution in [0.15, 0.2) is 30.6 Å². The third-order valence-electron chi connectivity index (χ3n) is 3.55. The van der Waals surface area contributed by atoms with Gasteiger partial charge in [-0.3, -0.25) is 4.79 Å². The van der Waals surface area contributed by atoms with Crippen LogP contribution in [0.5, 0.6) is 0 Å². The molecule has 1 atom stereocenters. The average molecular weight is 367 g/mol. The summed E-state index contributed by atoms with van der Waals surface area (Å²) in [5.74, 6) is 0.214. The van der Waals surface area contributed by atoms with E-state index in [9.17, 15) is 4.79 Å². The molecule has 0 saturated carbocycles. The fraction of sp³-hybridized carbons (Fsp3) is 0.312. The first-order valence-corrected chi connectivity index (χ1v) is 8.31. The number of aromatic nitrogens is 2. The molecule has 0 bridgehead atoms. The van der Waals surface area contributed by atoms with E-state index in [-0.39, 0.29) is 17.7 Å². The number of carbonyl (C=O) groups is 1. The van der Waals surface area contributed by atoms with E-state index in [0.29, 0.717) is 28.1 Å². The van der Waals surface area contributed by atoms with Gasteiger partial charge >= 0.3 is 0 Å². The molecule has 1 aliphatic rings. The molecule has 2 heterocycles. The first-order chi connectivity index (χ1) is 11.6. The van der Waals surface area contributed by atoms with Gasteiger partial charge in [0.15, 0.2) is 0 Å². The van der Waals surface area contributed by atoms with Crippen LogP contribution in [0, 0.1) is 0 Å². The van der Waals surface area contributed by atoms with Gasteiger partial charge < -0.3 is 15.4 Å². The number of nitrogens with one attached hydrogen (secondary N) is 2. The summed E-state index contributed by atoms with van der Waals surface area (Å²) < 4.78 is 5.48. The minimum Gasteiger partial charge on any atom is -0.376 e. The minimum absolute atomic E-state index is 0.0852. The molecule has 126 valence electrons. The summed E-state index contributed by atoms with van der Waals surface area (Å²) in [6.07, 6.45) is 3.41. The average Bonchev–Trinajstić information content (AvgIpc) is 3.05. The number of anilines is 2. The van der Waals surface area contributed by atoms with Crippen molar-refractivity contribution in [3.63, 3.8) is 0 Å². The van der Waals surface area contributed by atoms with Gasteiger partial charge in [-0.2, -0.15) is 0 Å². The van der Waals surface area contributed by atoms with Gasteiger partial charge in [0.1, 0.15) is 17.8 Å². The Hall–Kier alpha value is -1.89. The largest absolute Gasteiger partial charge is 0.376 e. The van der Waals surface area contributed by atoms with Crippen LogP contribution in [0.3, 0.4) is 0 Å². The maximum absolute atomic E-state index is 12.2. The Labute approximate surface area is 149 Å². The smallest absolute Gasteiger partial charge is 0.270 e. The van der Waals surface area contributed by atoms with Crippen LogP contribution >= 0.6 is 23.2 Å². The van der Waals surface area contributed by atoms with Crippen molar-refractivity contribution in [1.82, 2.24) is 15.3 Å². The van der Waals surface area contributed by atoms with Crippen LogP contribution < -0.4 is 10.6 Å². The molecule has 1 saturated heterocycles. The molecule has 1 fully saturated rings. The highest BCUT2D eigenvalue weighted by Crippen LogP contribution is 2.24. The lowest BCUT2D eigenvalue weighted by Gasteiger charge is -2.11. The number of hydrogen-bond donors (Lipinski definition) is 2. The number of carbonyl (C=O) groups excluding carboxylic acids is 1. The lowest BCUT2D eigenvalue weighted by Crippen LogP contribution is -2.32. The van der Waals surface area contributed by atoms with Gasteiger partial charge in [-0.25, -0.2) is 9.97 Å². The fourth-order valence-electron chi connectivity index (χ4n) is 2.43. The zero-order valence-electron chi connectivity index (χ0n) is 12.8. The zero-order chi connectivity index (χ0) is 16.9. The SMILES string of the molecule is O=C(NCC1CCCO1)c1cc(Nc2cc(Cl)cc(Cl)c2)ncn1. The van der Waals surface area contributed by atoms with Crippen LogP contribution in [-0.2, 0) is 4.74 Å². The maximum Gasteiger partial charge on any atom is 0.270 e. The molecule has 0 radical (unpaired) electrons. The van der Waals surface area contributed by atoms with Crippen molar-refractivity contribution < 1.29 is 9.53 Å². The first-order valence-electron chi connectivity index (χ1n) is 7.55. The monoisotopic (exact) mass is 366 g/mol. The van der Waals surface area contributed by atoms with Gasteiger partial charge in [0, 0.05) is 35.0 Å². The summed E-state index contributed by atoms with van der Waals surface area (Å²) in [6.45, 7) is 1.24. The van der Waals surface area contributed by atoms with Crippen molar-refractivity contribution >= 4 is 40.6 Å². The Kier molecular flexibility index (Phi) is 5.50. The standard InChI is InChI=1S/C16H16Cl2N4O2/c17-10-4-11(18)6-12(5-10)22-15-7-14(20-9-21-15)16(23)19-8-13-2-1-3-24-13/h4-7,9,13H,1-3,8H2,(H,19,23)(H,20,21,22). The Morgan fingerprint density at radius 3 is 2.71 bits per heavy atom. The number of halogens is 2. The van der Waals surface area contributed by atoms with Crippen molar-refractivity contribution in [3.05, 3.63) is 46.3 Å². The van der Waals surface area contributed by atoms with Gasteiger partial charge in [0.25, 0.3) is 5.91 Å². The van der Waals surface area contributed by atoms with Gasteiger partial charge in [-0.1, -0.05) is 23.2 Å². The Morgan fingerprint density at radius 2 is 2.00 bits per heavy atom. The molecular formula is C16H16Cl2N4O2. The zero-order valence-corrected chi connectivity index (χ0v) is 14.3. The van der Waals surface area contributed by atoms with Crippen molar-refractivity contribution in [2.75, 3.05) is 18.5 Å². The minimum atomic E-state index is -0.264. The van der Waals surface area contributed by atoms with Crippen molar-refractivity contribution in [2.24, 2.45) is 0 Å². The first kappa shape index (κ1) is 17.0. The number of nitrogens with zero attached hydrogens (tertiary/aromatic N) is 2. The molecule has 24 heavy (non-hydrogen) atoms. The summed E-state index contributed by atoms with van der Waals surface area (Å²) in [6, 6.07) is 6.64. The van der Waals surface area contributed by atoms with Gasteiger partial charge in [0.05, 0.1) is 6.10 Å². The number of amides is 1. The number of rotatable bonds is 5. The van der Waals surface area contributed by atoms with Gasteiger partial charge in [-0.15, -0.1) is 0 Å². The summed E-state index contributed by atoms with van der Waals surface area (Å²) in [5.41, 5.74) is 0.954. The van der Waals surface area contributed by atoms with Crippen LogP contribution in [0.25, 0.3) is 0 Å². The summed E-state index contributed by atoms with van der Waals surface area (Å²) in [7, 11) is 0. The lowest BCUT2D eigenvalue weighted by molar-refractivity contribution is 0.0853. The molecule has 0 aliphatic carbocycles. The third kappa shape index (κ3) is 4.56. The highest BCUT2D eigenvalue weighted by atomic mass is 35.5. The molecule has 1 aromatic heterocycles. The van der Waals surface area contributed by atoms with E-state index < -0.39 is 0 Å². The summed E-state index contributed by atoms with van der Waals surface area (Å²) >= 11 is 11.9. The molecule has 1 amide bonds. The fourth-order valence-corrected chi connectivity index (χ4v) is 2.95. The van der Waals surface area contributed by atoms with Crippen molar-refractivity contribution in [1.29, 1.82) is 0 Å². The second kappa shape index (κ2) is 7.79. The van der Waals surface area contributed by atoms with E-state index >= 15 is 0 Å². The molecule has 2 aromatic rings. The topological polar surface area (TPSA) is 76.1 Å².